The zero-order valence-electron chi connectivity index (χ0n) is 29.4. The molecule has 0 unspecified atom stereocenters. The van der Waals surface area contributed by atoms with Crippen molar-refractivity contribution in [1.82, 2.24) is 34.2 Å². The molecule has 3 aromatic rings. The highest BCUT2D eigenvalue weighted by Crippen LogP contribution is 2.59. The Kier molecular flexibility index (Phi) is 10.5. The van der Waals surface area contributed by atoms with E-state index >= 15 is 0 Å². The van der Waals surface area contributed by atoms with Gasteiger partial charge in [-0.25, -0.2) is 27.6 Å². The standard InChI is InChI=1S/C33H43ClF3N7O6S/c1-21-24(19-38-43(21)15-7-8-22-18-31(5,6)42(20-22)29(46)50-30(2,3)4)51(47,48)41-28(45)23-9-10-25(39-27(23)34)44-16-11-26(40-44)49-17-14-32(12-13-32)33(35,36)37/h9-11,16,19,22H,7-8,12-15,17-18,20H2,1-6H3,(H,41,45)/t22-/m0/s1. The Morgan fingerprint density at radius 3 is 2.47 bits per heavy atom. The van der Waals surface area contributed by atoms with E-state index in [1.165, 1.54) is 35.3 Å². The molecule has 1 aliphatic heterocycles. The third-order valence-corrected chi connectivity index (χ3v) is 11.0. The monoisotopic (exact) mass is 757 g/mol. The van der Waals surface area contributed by atoms with Crippen molar-refractivity contribution in [3.63, 3.8) is 0 Å². The third-order valence-electron chi connectivity index (χ3n) is 9.29. The summed E-state index contributed by atoms with van der Waals surface area (Å²) in [5.74, 6) is -0.514. The topological polar surface area (TPSA) is 151 Å². The van der Waals surface area contributed by atoms with Crippen molar-refractivity contribution in [2.45, 2.75) is 109 Å². The van der Waals surface area contributed by atoms with E-state index in [4.69, 9.17) is 21.1 Å². The summed E-state index contributed by atoms with van der Waals surface area (Å²) in [6.07, 6.45) is 0.317. The number of carbonyl (C=O) groups excluding carboxylic acids is 2. The summed E-state index contributed by atoms with van der Waals surface area (Å²) < 4.78 is 81.8. The molecule has 2 aliphatic rings. The quantitative estimate of drug-likeness (QED) is 0.205. The van der Waals surface area contributed by atoms with E-state index in [0.29, 0.717) is 25.2 Å². The van der Waals surface area contributed by atoms with E-state index in [-0.39, 0.29) is 70.7 Å². The Bertz CT molecular complexity index is 1880. The fourth-order valence-corrected chi connectivity index (χ4v) is 7.69. The number of halogens is 4. The first kappa shape index (κ1) is 38.4. The molecule has 0 bridgehead atoms. The van der Waals surface area contributed by atoms with Crippen molar-refractivity contribution >= 4 is 33.6 Å². The number of amides is 2. The molecule has 3 aromatic heterocycles. The highest BCUT2D eigenvalue weighted by molar-refractivity contribution is 7.90. The lowest BCUT2D eigenvalue weighted by atomic mass is 9.93. The van der Waals surface area contributed by atoms with E-state index < -0.39 is 33.1 Å². The van der Waals surface area contributed by atoms with Crippen molar-refractivity contribution < 1.29 is 40.7 Å². The van der Waals surface area contributed by atoms with Crippen molar-refractivity contribution in [3.8, 4) is 11.7 Å². The highest BCUT2D eigenvalue weighted by atomic mass is 35.5. The molecule has 51 heavy (non-hydrogen) atoms. The number of hydrogen-bond acceptors (Lipinski definition) is 9. The number of sulfonamides is 1. The molecule has 1 aliphatic carbocycles. The average molecular weight is 758 g/mol. The zero-order valence-corrected chi connectivity index (χ0v) is 31.0. The Hall–Kier alpha value is -3.86. The van der Waals surface area contributed by atoms with E-state index in [1.54, 1.807) is 16.5 Å². The maximum Gasteiger partial charge on any atom is 0.410 e. The van der Waals surface area contributed by atoms with Crippen LogP contribution in [-0.4, -0.2) is 80.3 Å². The van der Waals surface area contributed by atoms with Crippen LogP contribution < -0.4 is 9.46 Å². The lowest BCUT2D eigenvalue weighted by Gasteiger charge is -2.33. The molecular weight excluding hydrogens is 715 g/mol. The molecule has 2 fully saturated rings. The minimum atomic E-state index is -4.34. The molecule has 0 spiro atoms. The molecule has 1 saturated heterocycles. The second-order valence-corrected chi connectivity index (χ2v) is 16.9. The maximum atomic E-state index is 13.2. The molecule has 5 rings (SSSR count). The van der Waals surface area contributed by atoms with Gasteiger partial charge < -0.3 is 14.4 Å². The summed E-state index contributed by atoms with van der Waals surface area (Å²) in [5, 5.41) is 8.09. The summed E-state index contributed by atoms with van der Waals surface area (Å²) in [4.78, 5) is 31.5. The van der Waals surface area contributed by atoms with E-state index in [2.05, 4.69) is 15.2 Å². The molecule has 0 radical (unpaired) electrons. The van der Waals surface area contributed by atoms with Crippen molar-refractivity contribution in [2.24, 2.45) is 11.3 Å². The number of aromatic nitrogens is 5. The number of alkyl halides is 3. The van der Waals surface area contributed by atoms with Gasteiger partial charge in [0.1, 0.15) is 15.6 Å². The normalized spacial score (nSPS) is 18.5. The van der Waals surface area contributed by atoms with Crippen LogP contribution in [0.2, 0.25) is 5.15 Å². The van der Waals surface area contributed by atoms with Gasteiger partial charge in [-0.1, -0.05) is 11.6 Å². The van der Waals surface area contributed by atoms with E-state index in [0.717, 1.165) is 12.8 Å². The van der Waals surface area contributed by atoms with Crippen LogP contribution in [0.3, 0.4) is 0 Å². The molecule has 2 amide bonds. The van der Waals surface area contributed by atoms with Gasteiger partial charge in [0.05, 0.1) is 29.5 Å². The Balaban J connectivity index is 1.14. The van der Waals surface area contributed by atoms with E-state index in [1.807, 2.05) is 39.3 Å². The lowest BCUT2D eigenvalue weighted by Crippen LogP contribution is -2.45. The number of nitrogens with one attached hydrogen (secondary N) is 1. The van der Waals surface area contributed by atoms with Gasteiger partial charge in [-0.2, -0.15) is 18.3 Å². The van der Waals surface area contributed by atoms with Crippen molar-refractivity contribution in [2.75, 3.05) is 13.2 Å². The van der Waals surface area contributed by atoms with Gasteiger partial charge in [0, 0.05) is 30.9 Å². The second-order valence-electron chi connectivity index (χ2n) is 14.9. The molecule has 13 nitrogen and oxygen atoms in total. The summed E-state index contributed by atoms with van der Waals surface area (Å²) in [5.41, 5.74) is -2.49. The fourth-order valence-electron chi connectivity index (χ4n) is 6.31. The summed E-state index contributed by atoms with van der Waals surface area (Å²) >= 11 is 6.27. The number of aryl methyl sites for hydroxylation is 1. The van der Waals surface area contributed by atoms with Gasteiger partial charge >= 0.3 is 12.3 Å². The van der Waals surface area contributed by atoms with Crippen molar-refractivity contribution in [3.05, 3.63) is 47.0 Å². The number of pyridine rings is 1. The average Bonchev–Trinajstić information content (AvgIpc) is 3.33. The second kappa shape index (κ2) is 13.9. The van der Waals surface area contributed by atoms with Crippen LogP contribution in [-0.2, 0) is 21.3 Å². The molecule has 18 heteroatoms. The molecule has 1 N–H and O–H groups in total. The molecular formula is C33H43ClF3N7O6S. The zero-order chi connectivity index (χ0) is 37.6. The van der Waals surface area contributed by atoms with Crippen LogP contribution in [0.15, 0.2) is 35.5 Å². The number of hydrogen-bond donors (Lipinski definition) is 1. The summed E-state index contributed by atoms with van der Waals surface area (Å²) in [6, 6.07) is 4.12. The molecule has 1 atom stereocenters. The minimum absolute atomic E-state index is 0.0838. The number of nitrogens with zero attached hydrogens (tertiary/aromatic N) is 6. The maximum absolute atomic E-state index is 13.2. The minimum Gasteiger partial charge on any atom is -0.477 e. The molecule has 4 heterocycles. The number of ether oxygens (including phenoxy) is 2. The van der Waals surface area contributed by atoms with Crippen LogP contribution in [0, 0.1) is 18.3 Å². The number of rotatable bonds is 12. The Morgan fingerprint density at radius 2 is 1.84 bits per heavy atom. The lowest BCUT2D eigenvalue weighted by molar-refractivity contribution is -0.190. The van der Waals surface area contributed by atoms with Crippen LogP contribution in [0.4, 0.5) is 18.0 Å². The smallest absolute Gasteiger partial charge is 0.410 e. The Labute approximate surface area is 299 Å². The predicted octanol–water partition coefficient (Wildman–Crippen LogP) is 6.47. The summed E-state index contributed by atoms with van der Waals surface area (Å²) in [6.45, 7) is 12.0. The predicted molar refractivity (Wildman–Crippen MR) is 180 cm³/mol. The number of carbonyl (C=O) groups is 2. The SMILES string of the molecule is Cc1c(S(=O)(=O)NC(=O)c2ccc(-n3ccc(OCCC4(C(F)(F)F)CC4)n3)nc2Cl)cnn1CCC[C@@H]1CN(C(=O)OC(C)(C)C)C(C)(C)C1. The number of likely N-dealkylation sites (tertiary alicyclic amines) is 1. The van der Waals surface area contributed by atoms with Gasteiger partial charge in [0.25, 0.3) is 15.9 Å². The first-order valence-electron chi connectivity index (χ1n) is 16.6. The molecule has 1 saturated carbocycles. The van der Waals surface area contributed by atoms with Gasteiger partial charge in [-0.3, -0.25) is 9.48 Å². The Morgan fingerprint density at radius 1 is 1.14 bits per heavy atom. The largest absolute Gasteiger partial charge is 0.477 e. The third kappa shape index (κ3) is 8.79. The van der Waals surface area contributed by atoms with Gasteiger partial charge in [-0.15, -0.1) is 5.10 Å². The van der Waals surface area contributed by atoms with Crippen LogP contribution in [0.5, 0.6) is 5.88 Å². The van der Waals surface area contributed by atoms with E-state index in [9.17, 15) is 31.2 Å². The van der Waals surface area contributed by atoms with Crippen LogP contribution in [0.1, 0.15) is 89.2 Å². The molecule has 280 valence electrons. The fraction of sp³-hybridized carbons (Fsp3) is 0.606. The van der Waals surface area contributed by atoms with Gasteiger partial charge in [-0.05, 0) is 98.1 Å². The summed E-state index contributed by atoms with van der Waals surface area (Å²) in [7, 11) is -4.34. The first-order chi connectivity index (χ1) is 23.6. The first-order valence-corrected chi connectivity index (χ1v) is 18.5. The van der Waals surface area contributed by atoms with Gasteiger partial charge in [0.15, 0.2) is 5.82 Å². The van der Waals surface area contributed by atoms with Gasteiger partial charge in [0.2, 0.25) is 5.88 Å². The van der Waals surface area contributed by atoms with Crippen molar-refractivity contribution in [1.29, 1.82) is 0 Å². The van der Waals surface area contributed by atoms with Crippen LogP contribution >= 0.6 is 11.6 Å². The highest BCUT2D eigenvalue weighted by Gasteiger charge is 2.62. The molecule has 0 aromatic carbocycles. The van der Waals surface area contributed by atoms with Crippen LogP contribution in [0.25, 0.3) is 5.82 Å².